The van der Waals surface area contributed by atoms with E-state index in [1.807, 2.05) is 12.1 Å². The summed E-state index contributed by atoms with van der Waals surface area (Å²) in [5.74, 6) is 0.329. The standard InChI is InChI=1S/C15H15N3O/c16-14-6-5-12(9-17-14)15(19)18-13-7-10-3-1-2-4-11(10)8-13/h1-6,9,13H,7-8H2,(H2,16,17)(H,18,19). The fourth-order valence-electron chi connectivity index (χ4n) is 2.47. The first-order chi connectivity index (χ1) is 9.22. The van der Waals surface area contributed by atoms with Gasteiger partial charge >= 0.3 is 0 Å². The average Bonchev–Trinajstić information content (AvgIpc) is 2.81. The number of nitrogens with one attached hydrogen (secondary N) is 1. The van der Waals surface area contributed by atoms with E-state index < -0.39 is 0 Å². The fourth-order valence-corrected chi connectivity index (χ4v) is 2.47. The minimum atomic E-state index is -0.0923. The molecule has 1 aliphatic carbocycles. The molecule has 1 aromatic heterocycles. The van der Waals surface area contributed by atoms with E-state index in [1.54, 1.807) is 12.1 Å². The number of benzene rings is 1. The van der Waals surface area contributed by atoms with Crippen LogP contribution in [0.5, 0.6) is 0 Å². The van der Waals surface area contributed by atoms with Gasteiger partial charge in [0.05, 0.1) is 5.56 Å². The molecule has 4 nitrogen and oxygen atoms in total. The number of aromatic nitrogens is 1. The van der Waals surface area contributed by atoms with Crippen molar-refractivity contribution >= 4 is 11.7 Å². The topological polar surface area (TPSA) is 68.0 Å². The van der Waals surface area contributed by atoms with Crippen molar-refractivity contribution in [1.29, 1.82) is 0 Å². The number of nitrogen functional groups attached to an aromatic ring is 1. The molecule has 96 valence electrons. The van der Waals surface area contributed by atoms with Gasteiger partial charge in [0.2, 0.25) is 0 Å². The molecule has 0 bridgehead atoms. The number of nitrogens with zero attached hydrogens (tertiary/aromatic N) is 1. The number of rotatable bonds is 2. The summed E-state index contributed by atoms with van der Waals surface area (Å²) < 4.78 is 0. The van der Waals surface area contributed by atoms with Gasteiger partial charge in [0.15, 0.2) is 0 Å². The van der Waals surface area contributed by atoms with Crippen LogP contribution in [0.1, 0.15) is 21.5 Å². The minimum Gasteiger partial charge on any atom is -0.384 e. The maximum atomic E-state index is 12.1. The monoisotopic (exact) mass is 253 g/mol. The van der Waals surface area contributed by atoms with Crippen molar-refractivity contribution in [3.8, 4) is 0 Å². The van der Waals surface area contributed by atoms with Gasteiger partial charge in [-0.3, -0.25) is 4.79 Å². The first-order valence-corrected chi connectivity index (χ1v) is 6.31. The van der Waals surface area contributed by atoms with E-state index >= 15 is 0 Å². The molecule has 0 saturated heterocycles. The number of fused-ring (bicyclic) bond motifs is 1. The van der Waals surface area contributed by atoms with Gasteiger partial charge in [0.1, 0.15) is 5.82 Å². The molecule has 0 spiro atoms. The molecule has 0 fully saturated rings. The number of nitrogens with two attached hydrogens (primary N) is 1. The molecule has 1 aromatic carbocycles. The molecule has 1 amide bonds. The first-order valence-electron chi connectivity index (χ1n) is 6.31. The number of carbonyl (C=O) groups excluding carboxylic acids is 1. The number of hydrogen-bond acceptors (Lipinski definition) is 3. The zero-order valence-electron chi connectivity index (χ0n) is 10.5. The Kier molecular flexibility index (Phi) is 2.91. The van der Waals surface area contributed by atoms with E-state index in [0.717, 1.165) is 12.8 Å². The lowest BCUT2D eigenvalue weighted by atomic mass is 10.1. The second kappa shape index (κ2) is 4.72. The predicted molar refractivity (Wildman–Crippen MR) is 73.8 cm³/mol. The molecule has 1 heterocycles. The normalized spacial score (nSPS) is 14.1. The van der Waals surface area contributed by atoms with E-state index in [-0.39, 0.29) is 11.9 Å². The van der Waals surface area contributed by atoms with Gasteiger partial charge in [-0.25, -0.2) is 4.98 Å². The average molecular weight is 253 g/mol. The molecule has 0 aliphatic heterocycles. The zero-order chi connectivity index (χ0) is 13.2. The van der Waals surface area contributed by atoms with E-state index in [0.29, 0.717) is 11.4 Å². The predicted octanol–water partition coefficient (Wildman–Crippen LogP) is 1.56. The molecule has 0 saturated carbocycles. The Balaban J connectivity index is 1.67. The maximum Gasteiger partial charge on any atom is 0.253 e. The third kappa shape index (κ3) is 2.42. The highest BCUT2D eigenvalue weighted by molar-refractivity contribution is 5.94. The highest BCUT2D eigenvalue weighted by Gasteiger charge is 2.22. The molecule has 2 aromatic rings. The van der Waals surface area contributed by atoms with Crippen LogP contribution >= 0.6 is 0 Å². The summed E-state index contributed by atoms with van der Waals surface area (Å²) in [4.78, 5) is 16.0. The second-order valence-electron chi connectivity index (χ2n) is 4.82. The summed E-state index contributed by atoms with van der Waals surface area (Å²) in [6.07, 6.45) is 3.29. The Labute approximate surface area is 111 Å². The molecule has 3 rings (SSSR count). The molecule has 19 heavy (non-hydrogen) atoms. The molecule has 0 atom stereocenters. The van der Waals surface area contributed by atoms with Gasteiger partial charge in [0, 0.05) is 12.2 Å². The van der Waals surface area contributed by atoms with Crippen molar-refractivity contribution in [3.63, 3.8) is 0 Å². The highest BCUT2D eigenvalue weighted by atomic mass is 16.1. The van der Waals surface area contributed by atoms with Gasteiger partial charge in [-0.05, 0) is 36.1 Å². The molecular weight excluding hydrogens is 238 g/mol. The lowest BCUT2D eigenvalue weighted by molar-refractivity contribution is 0.0938. The third-order valence-electron chi connectivity index (χ3n) is 3.43. The Bertz CT molecular complexity index is 582. The van der Waals surface area contributed by atoms with Crippen molar-refractivity contribution in [3.05, 3.63) is 59.3 Å². The Morgan fingerprint density at radius 2 is 1.84 bits per heavy atom. The van der Waals surface area contributed by atoms with Crippen LogP contribution < -0.4 is 11.1 Å². The van der Waals surface area contributed by atoms with Gasteiger partial charge in [-0.2, -0.15) is 0 Å². The van der Waals surface area contributed by atoms with Gasteiger partial charge in [-0.15, -0.1) is 0 Å². The molecule has 0 radical (unpaired) electrons. The zero-order valence-corrected chi connectivity index (χ0v) is 10.5. The molecule has 4 heteroatoms. The van der Waals surface area contributed by atoms with Gasteiger partial charge in [0.25, 0.3) is 5.91 Å². The number of hydrogen-bond donors (Lipinski definition) is 2. The van der Waals surface area contributed by atoms with E-state index in [2.05, 4.69) is 22.4 Å². The lowest BCUT2D eigenvalue weighted by Gasteiger charge is -2.11. The number of amides is 1. The fraction of sp³-hybridized carbons (Fsp3) is 0.200. The van der Waals surface area contributed by atoms with Crippen molar-refractivity contribution in [2.24, 2.45) is 0 Å². The highest BCUT2D eigenvalue weighted by Crippen LogP contribution is 2.21. The van der Waals surface area contributed by atoms with Crippen LogP contribution in [0.3, 0.4) is 0 Å². The molecule has 3 N–H and O–H groups in total. The lowest BCUT2D eigenvalue weighted by Crippen LogP contribution is -2.35. The summed E-state index contributed by atoms with van der Waals surface area (Å²) in [6.45, 7) is 0. The smallest absolute Gasteiger partial charge is 0.253 e. The van der Waals surface area contributed by atoms with E-state index in [1.165, 1.54) is 17.3 Å². The maximum absolute atomic E-state index is 12.1. The van der Waals surface area contributed by atoms with Crippen LogP contribution in [-0.4, -0.2) is 16.9 Å². The summed E-state index contributed by atoms with van der Waals surface area (Å²) in [5, 5.41) is 3.04. The van der Waals surface area contributed by atoms with Crippen LogP contribution in [-0.2, 0) is 12.8 Å². The van der Waals surface area contributed by atoms with Crippen molar-refractivity contribution in [2.45, 2.75) is 18.9 Å². The third-order valence-corrected chi connectivity index (χ3v) is 3.43. The van der Waals surface area contributed by atoms with Crippen molar-refractivity contribution < 1.29 is 4.79 Å². The summed E-state index contributed by atoms with van der Waals surface area (Å²) >= 11 is 0. The van der Waals surface area contributed by atoms with Crippen LogP contribution in [0.25, 0.3) is 0 Å². The number of carbonyl (C=O) groups is 1. The van der Waals surface area contributed by atoms with E-state index in [9.17, 15) is 4.79 Å². The number of pyridine rings is 1. The number of anilines is 1. The summed E-state index contributed by atoms with van der Waals surface area (Å²) in [6, 6.07) is 11.8. The van der Waals surface area contributed by atoms with E-state index in [4.69, 9.17) is 5.73 Å². The first kappa shape index (κ1) is 11.7. The largest absolute Gasteiger partial charge is 0.384 e. The summed E-state index contributed by atoms with van der Waals surface area (Å²) in [7, 11) is 0. The Morgan fingerprint density at radius 3 is 2.42 bits per heavy atom. The SMILES string of the molecule is Nc1ccc(C(=O)NC2Cc3ccccc3C2)cn1. The van der Waals surface area contributed by atoms with Gasteiger partial charge in [-0.1, -0.05) is 24.3 Å². The van der Waals surface area contributed by atoms with Crippen LogP contribution in [0.2, 0.25) is 0 Å². The minimum absolute atomic E-state index is 0.0923. The Morgan fingerprint density at radius 1 is 1.16 bits per heavy atom. The van der Waals surface area contributed by atoms with Crippen LogP contribution in [0.15, 0.2) is 42.6 Å². The van der Waals surface area contributed by atoms with Crippen molar-refractivity contribution in [2.75, 3.05) is 5.73 Å². The second-order valence-corrected chi connectivity index (χ2v) is 4.82. The Hall–Kier alpha value is -2.36. The van der Waals surface area contributed by atoms with Gasteiger partial charge < -0.3 is 11.1 Å². The quantitative estimate of drug-likeness (QED) is 0.853. The van der Waals surface area contributed by atoms with Crippen LogP contribution in [0, 0.1) is 0 Å². The summed E-state index contributed by atoms with van der Waals surface area (Å²) in [5.41, 5.74) is 8.70. The molecule has 1 aliphatic rings. The molecule has 0 unspecified atom stereocenters. The van der Waals surface area contributed by atoms with Crippen molar-refractivity contribution in [1.82, 2.24) is 10.3 Å². The molecular formula is C15H15N3O. The van der Waals surface area contributed by atoms with Crippen LogP contribution in [0.4, 0.5) is 5.82 Å².